The molecule has 5 aromatic carbocycles. The van der Waals surface area contributed by atoms with Crippen LogP contribution in [0.25, 0.3) is 0 Å². The van der Waals surface area contributed by atoms with Crippen molar-refractivity contribution in [3.63, 3.8) is 0 Å². The largest absolute Gasteiger partial charge is 0.507 e. The van der Waals surface area contributed by atoms with E-state index in [4.69, 9.17) is 28.2 Å². The molecule has 0 atom stereocenters. The van der Waals surface area contributed by atoms with Crippen LogP contribution in [0.1, 0.15) is 21.5 Å². The lowest BCUT2D eigenvalue weighted by Crippen LogP contribution is -2.19. The molecular formula is C35H28Cl2N8O2. The van der Waals surface area contributed by atoms with Gasteiger partial charge in [0.1, 0.15) is 5.75 Å². The second-order valence-corrected chi connectivity index (χ2v) is 11.0. The second kappa shape index (κ2) is 15.5. The minimum atomic E-state index is -0.503. The number of rotatable bonds is 8. The van der Waals surface area contributed by atoms with Gasteiger partial charge in [-0.05, 0) is 109 Å². The van der Waals surface area contributed by atoms with Gasteiger partial charge < -0.3 is 10.0 Å². The summed E-state index contributed by atoms with van der Waals surface area (Å²) in [5, 5.41) is 32.8. The van der Waals surface area contributed by atoms with Gasteiger partial charge in [0.2, 0.25) is 5.84 Å². The molecule has 10 nitrogen and oxygen atoms in total. The topological polar surface area (TPSA) is 127 Å². The molecular weight excluding hydrogens is 635 g/mol. The molecule has 234 valence electrons. The van der Waals surface area contributed by atoms with E-state index in [1.54, 1.807) is 91.0 Å². The van der Waals surface area contributed by atoms with Gasteiger partial charge in [0.25, 0.3) is 5.91 Å². The Morgan fingerprint density at radius 3 is 1.70 bits per heavy atom. The van der Waals surface area contributed by atoms with Crippen LogP contribution in [-0.4, -0.2) is 36.8 Å². The first-order valence-corrected chi connectivity index (χ1v) is 15.0. The zero-order valence-corrected chi connectivity index (χ0v) is 26.8. The Morgan fingerprint density at radius 1 is 0.638 bits per heavy atom. The zero-order valence-electron chi connectivity index (χ0n) is 25.3. The maximum Gasteiger partial charge on any atom is 0.271 e. The molecule has 0 saturated carbocycles. The zero-order chi connectivity index (χ0) is 33.2. The summed E-state index contributed by atoms with van der Waals surface area (Å²) in [6.45, 7) is 0. The number of nitrogens with zero attached hydrogens (tertiary/aromatic N) is 7. The number of halogens is 2. The lowest BCUT2D eigenvalue weighted by molar-refractivity contribution is 0.0955. The predicted octanol–water partition coefficient (Wildman–Crippen LogP) is 9.50. The van der Waals surface area contributed by atoms with Crippen LogP contribution in [-0.2, 0) is 0 Å². The summed E-state index contributed by atoms with van der Waals surface area (Å²) >= 11 is 12.0. The molecule has 0 unspecified atom stereocenters. The van der Waals surface area contributed by atoms with Crippen LogP contribution >= 0.6 is 23.2 Å². The van der Waals surface area contributed by atoms with Crippen molar-refractivity contribution in [3.8, 4) is 5.75 Å². The van der Waals surface area contributed by atoms with Crippen molar-refractivity contribution in [1.29, 1.82) is 0 Å². The Hall–Kier alpha value is -5.71. The van der Waals surface area contributed by atoms with Crippen molar-refractivity contribution in [2.24, 2.45) is 30.6 Å². The number of phenolic OH excluding ortho intramolecular Hbond substituents is 1. The smallest absolute Gasteiger partial charge is 0.271 e. The minimum absolute atomic E-state index is 0.00333. The maximum absolute atomic E-state index is 13.1. The summed E-state index contributed by atoms with van der Waals surface area (Å²) in [4.78, 5) is 19.8. The third-order valence-corrected chi connectivity index (χ3v) is 7.09. The van der Waals surface area contributed by atoms with Crippen molar-refractivity contribution in [2.45, 2.75) is 0 Å². The van der Waals surface area contributed by atoms with Gasteiger partial charge in [0.05, 0.1) is 22.6 Å². The van der Waals surface area contributed by atoms with Gasteiger partial charge in [-0.2, -0.15) is 0 Å². The first-order chi connectivity index (χ1) is 22.7. The third kappa shape index (κ3) is 9.16. The average molecular weight is 664 g/mol. The molecule has 0 spiro atoms. The molecule has 0 radical (unpaired) electrons. The fourth-order valence-corrected chi connectivity index (χ4v) is 4.31. The van der Waals surface area contributed by atoms with E-state index >= 15 is 0 Å². The summed E-state index contributed by atoms with van der Waals surface area (Å²) in [6, 6.07) is 34.6. The number of aliphatic imine (C=N–C) groups is 1. The highest BCUT2D eigenvalue weighted by molar-refractivity contribution is 6.30. The molecule has 0 aliphatic carbocycles. The summed E-state index contributed by atoms with van der Waals surface area (Å²) in [7, 11) is 3.93. The van der Waals surface area contributed by atoms with E-state index in [1.807, 2.05) is 43.3 Å². The summed E-state index contributed by atoms with van der Waals surface area (Å²) in [5.41, 5.74) is 6.57. The number of nitrogens with one attached hydrogen (secondary N) is 1. The van der Waals surface area contributed by atoms with Crippen molar-refractivity contribution in [1.82, 2.24) is 5.43 Å². The minimum Gasteiger partial charge on any atom is -0.507 e. The van der Waals surface area contributed by atoms with Crippen LogP contribution in [0, 0.1) is 0 Å². The monoisotopic (exact) mass is 662 g/mol. The number of phenols is 1. The van der Waals surface area contributed by atoms with Crippen LogP contribution < -0.4 is 10.3 Å². The Kier molecular flexibility index (Phi) is 10.8. The van der Waals surface area contributed by atoms with Gasteiger partial charge in [-0.3, -0.25) is 4.79 Å². The van der Waals surface area contributed by atoms with Crippen molar-refractivity contribution in [2.75, 3.05) is 19.0 Å². The van der Waals surface area contributed by atoms with Crippen LogP contribution in [0.3, 0.4) is 0 Å². The molecule has 5 rings (SSSR count). The van der Waals surface area contributed by atoms with Gasteiger partial charge in [-0.1, -0.05) is 35.3 Å². The normalized spacial score (nSPS) is 12.1. The molecule has 5 aromatic rings. The molecule has 0 aliphatic heterocycles. The molecule has 0 saturated heterocycles. The van der Waals surface area contributed by atoms with Gasteiger partial charge in [-0.15, -0.1) is 25.6 Å². The summed E-state index contributed by atoms with van der Waals surface area (Å²) < 4.78 is 0. The number of hydrogen-bond donors (Lipinski definition) is 2. The maximum atomic E-state index is 13.1. The SMILES string of the molecule is CN(C)c1ccc(C(N=Nc2ccc(Cl)cc2)=Nc2ccc(C(=O)N/N=C(\N=Nc3ccc(Cl)cc3)c3ccccc3O)cc2)cc1. The van der Waals surface area contributed by atoms with E-state index in [1.165, 1.54) is 6.07 Å². The molecule has 12 heteroatoms. The van der Waals surface area contributed by atoms with Crippen molar-refractivity contribution < 1.29 is 9.90 Å². The molecule has 0 bridgehead atoms. The van der Waals surface area contributed by atoms with Crippen LogP contribution in [0.5, 0.6) is 5.75 Å². The fraction of sp³-hybridized carbons (Fsp3) is 0.0571. The van der Waals surface area contributed by atoms with Gasteiger partial charge in [-0.25, -0.2) is 10.4 Å². The fourth-order valence-electron chi connectivity index (χ4n) is 4.06. The molecule has 0 fully saturated rings. The summed E-state index contributed by atoms with van der Waals surface area (Å²) in [5.74, 6) is -0.191. The number of anilines is 1. The number of carbonyl (C=O) groups excluding carboxylic acids is 1. The molecule has 1 amide bonds. The second-order valence-electron chi connectivity index (χ2n) is 10.2. The number of hydrazone groups is 1. The molecule has 2 N–H and O–H groups in total. The highest BCUT2D eigenvalue weighted by Crippen LogP contribution is 2.23. The molecule has 47 heavy (non-hydrogen) atoms. The van der Waals surface area contributed by atoms with Crippen LogP contribution in [0.15, 0.2) is 152 Å². The van der Waals surface area contributed by atoms with E-state index < -0.39 is 5.91 Å². The summed E-state index contributed by atoms with van der Waals surface area (Å²) in [6.07, 6.45) is 0. The van der Waals surface area contributed by atoms with E-state index in [0.29, 0.717) is 38.5 Å². The van der Waals surface area contributed by atoms with Gasteiger partial charge in [0, 0.05) is 41.0 Å². The highest BCUT2D eigenvalue weighted by Gasteiger charge is 2.12. The number of carbonyl (C=O) groups is 1. The number of benzene rings is 5. The average Bonchev–Trinajstić information content (AvgIpc) is 3.09. The molecule has 0 heterocycles. The van der Waals surface area contributed by atoms with E-state index in [2.05, 4.69) is 31.0 Å². The molecule has 0 aromatic heterocycles. The van der Waals surface area contributed by atoms with Gasteiger partial charge >= 0.3 is 0 Å². The Bertz CT molecular complexity index is 1960. The lowest BCUT2D eigenvalue weighted by Gasteiger charge is -2.12. The Balaban J connectivity index is 1.38. The van der Waals surface area contributed by atoms with E-state index in [9.17, 15) is 9.90 Å². The van der Waals surface area contributed by atoms with E-state index in [-0.39, 0.29) is 17.1 Å². The highest BCUT2D eigenvalue weighted by atomic mass is 35.5. The van der Waals surface area contributed by atoms with Crippen LogP contribution in [0.2, 0.25) is 10.0 Å². The standard InChI is InChI=1S/C35H28Cl2N8O2/c1-45(2)30-21-9-23(10-22-30)33(41-39-28-17-11-25(36)12-18-28)38-27-15-7-24(8-16-27)35(47)44-43-34(31-5-3-4-6-32(31)46)42-40-29-19-13-26(37)14-20-29/h3-22,46H,1-2H3,(H,44,47)/b38-33?,41-39?,42-40?,43-34-. The van der Waals surface area contributed by atoms with Crippen molar-refractivity contribution >= 4 is 63.5 Å². The molecule has 0 aliphatic rings. The Morgan fingerprint density at radius 2 is 1.15 bits per heavy atom. The first-order valence-electron chi connectivity index (χ1n) is 14.2. The number of para-hydroxylation sites is 1. The predicted molar refractivity (Wildman–Crippen MR) is 187 cm³/mol. The number of aromatic hydroxyl groups is 1. The number of amides is 1. The van der Waals surface area contributed by atoms with E-state index in [0.717, 1.165) is 11.3 Å². The van der Waals surface area contributed by atoms with Gasteiger partial charge in [0.15, 0.2) is 5.84 Å². The first kappa shape index (κ1) is 32.7. The quantitative estimate of drug-likeness (QED) is 0.0743. The number of amidine groups is 2. The number of hydrogen-bond acceptors (Lipinski definition) is 7. The van der Waals surface area contributed by atoms with Crippen LogP contribution in [0.4, 0.5) is 22.7 Å². The Labute approximate surface area is 281 Å². The number of azo groups is 2. The van der Waals surface area contributed by atoms with Crippen molar-refractivity contribution in [3.05, 3.63) is 148 Å². The lowest BCUT2D eigenvalue weighted by atomic mass is 10.1. The third-order valence-electron chi connectivity index (χ3n) is 6.59.